The molecule has 0 saturated carbocycles. The van der Waals surface area contributed by atoms with E-state index in [4.69, 9.17) is 5.11 Å². The van der Waals surface area contributed by atoms with Crippen molar-refractivity contribution >= 4 is 17.5 Å². The topological polar surface area (TPSA) is 67.0 Å². The first-order valence-corrected chi connectivity index (χ1v) is 6.26. The Kier molecular flexibility index (Phi) is 3.98. The van der Waals surface area contributed by atoms with Crippen LogP contribution in [0.15, 0.2) is 24.5 Å². The zero-order chi connectivity index (χ0) is 14.8. The molecular formula is C11H9F3N3O2S+. The lowest BCUT2D eigenvalue weighted by atomic mass is 10.3. The van der Waals surface area contributed by atoms with E-state index < -0.39 is 18.0 Å². The Labute approximate surface area is 115 Å². The summed E-state index contributed by atoms with van der Waals surface area (Å²) in [6, 6.07) is 3.14. The highest BCUT2D eigenvalue weighted by molar-refractivity contribution is 7.09. The molecule has 2 aromatic heterocycles. The average Bonchev–Trinajstić information content (AvgIpc) is 2.86. The van der Waals surface area contributed by atoms with Gasteiger partial charge in [-0.15, -0.1) is 0 Å². The van der Waals surface area contributed by atoms with Crippen molar-refractivity contribution < 1.29 is 27.6 Å². The normalized spacial score (nSPS) is 11.6. The third-order valence-corrected chi connectivity index (χ3v) is 3.17. The fourth-order valence-corrected chi connectivity index (χ4v) is 2.12. The zero-order valence-corrected chi connectivity index (χ0v) is 10.8. The molecule has 2 rings (SSSR count). The summed E-state index contributed by atoms with van der Waals surface area (Å²) in [5.41, 5.74) is 0.504. The number of nitrogens with zero attached hydrogens (tertiary/aromatic N) is 3. The molecule has 9 heteroatoms. The van der Waals surface area contributed by atoms with Crippen LogP contribution < -0.4 is 4.57 Å². The lowest BCUT2D eigenvalue weighted by Crippen LogP contribution is -2.33. The maximum absolute atomic E-state index is 12.4. The van der Waals surface area contributed by atoms with Crippen LogP contribution in [0.1, 0.15) is 12.2 Å². The summed E-state index contributed by atoms with van der Waals surface area (Å²) in [7, 11) is 0. The van der Waals surface area contributed by atoms with Gasteiger partial charge in [0.1, 0.15) is 11.4 Å². The molecule has 20 heavy (non-hydrogen) atoms. The van der Waals surface area contributed by atoms with Crippen molar-refractivity contribution in [3.63, 3.8) is 0 Å². The van der Waals surface area contributed by atoms with Crippen LogP contribution in [0.2, 0.25) is 0 Å². The van der Waals surface area contributed by atoms with E-state index in [1.807, 2.05) is 0 Å². The van der Waals surface area contributed by atoms with Crippen LogP contribution in [0.25, 0.3) is 10.6 Å². The summed E-state index contributed by atoms with van der Waals surface area (Å²) in [5, 5.41) is 8.72. The number of rotatable bonds is 4. The van der Waals surface area contributed by atoms with Gasteiger partial charge in [0.25, 0.3) is 0 Å². The molecule has 0 radical (unpaired) electrons. The third-order valence-electron chi connectivity index (χ3n) is 2.40. The second-order valence-electron chi connectivity index (χ2n) is 3.89. The fourth-order valence-electron chi connectivity index (χ4n) is 1.43. The van der Waals surface area contributed by atoms with Crippen molar-refractivity contribution in [3.05, 3.63) is 30.4 Å². The lowest BCUT2D eigenvalue weighted by Gasteiger charge is -1.98. The van der Waals surface area contributed by atoms with Gasteiger partial charge in [-0.1, -0.05) is 0 Å². The van der Waals surface area contributed by atoms with Gasteiger partial charge in [-0.2, -0.15) is 17.5 Å². The quantitative estimate of drug-likeness (QED) is 0.877. The molecule has 0 fully saturated rings. The molecule has 0 saturated heterocycles. The third kappa shape index (κ3) is 3.50. The van der Waals surface area contributed by atoms with Gasteiger partial charge in [0.15, 0.2) is 18.9 Å². The minimum absolute atomic E-state index is 0.0267. The number of halogens is 3. The highest BCUT2D eigenvalue weighted by atomic mass is 32.1. The van der Waals surface area contributed by atoms with Crippen molar-refractivity contribution in [2.45, 2.75) is 19.1 Å². The number of aromatic nitrogens is 3. The number of hydrogen-bond donors (Lipinski definition) is 1. The van der Waals surface area contributed by atoms with E-state index in [0.717, 1.165) is 0 Å². The number of carboxylic acid groups (broad SMARTS) is 1. The Balaban J connectivity index is 2.14. The van der Waals surface area contributed by atoms with Crippen molar-refractivity contribution in [1.29, 1.82) is 0 Å². The van der Waals surface area contributed by atoms with Gasteiger partial charge in [-0.05, 0) is 11.5 Å². The summed E-state index contributed by atoms with van der Waals surface area (Å²) >= 11 is 0.669. The van der Waals surface area contributed by atoms with Gasteiger partial charge in [0.05, 0.1) is 0 Å². The van der Waals surface area contributed by atoms with Gasteiger partial charge < -0.3 is 5.11 Å². The molecule has 1 N–H and O–H groups in total. The number of alkyl halides is 3. The van der Waals surface area contributed by atoms with Crippen LogP contribution in [0.5, 0.6) is 0 Å². The smallest absolute Gasteiger partial charge is 0.452 e. The van der Waals surface area contributed by atoms with E-state index in [1.165, 1.54) is 0 Å². The van der Waals surface area contributed by atoms with E-state index in [9.17, 15) is 18.0 Å². The van der Waals surface area contributed by atoms with Crippen molar-refractivity contribution in [1.82, 2.24) is 9.36 Å². The molecule has 0 amide bonds. The Hall–Kier alpha value is -2.03. The molecule has 2 heterocycles. The van der Waals surface area contributed by atoms with E-state index in [0.29, 0.717) is 23.6 Å². The first kappa shape index (κ1) is 14.4. The fraction of sp³-hybridized carbons (Fsp3) is 0.273. The molecule has 0 aromatic carbocycles. The highest BCUT2D eigenvalue weighted by Crippen LogP contribution is 2.30. The van der Waals surface area contributed by atoms with Gasteiger partial charge in [0, 0.05) is 17.7 Å². The van der Waals surface area contributed by atoms with E-state index in [2.05, 4.69) is 9.36 Å². The molecule has 0 aliphatic rings. The zero-order valence-electron chi connectivity index (χ0n) is 9.96. The number of pyridine rings is 1. The number of carboxylic acids is 1. The van der Waals surface area contributed by atoms with Crippen LogP contribution in [-0.4, -0.2) is 20.4 Å². The number of aryl methyl sites for hydroxylation is 1. The number of hydrogen-bond acceptors (Lipinski definition) is 4. The van der Waals surface area contributed by atoms with E-state index in [-0.39, 0.29) is 11.4 Å². The number of aliphatic carboxylic acids is 1. The van der Waals surface area contributed by atoms with Gasteiger partial charge >= 0.3 is 12.1 Å². The minimum atomic E-state index is -4.55. The van der Waals surface area contributed by atoms with Gasteiger partial charge in [0.2, 0.25) is 5.82 Å². The van der Waals surface area contributed by atoms with Crippen LogP contribution in [0.3, 0.4) is 0 Å². The van der Waals surface area contributed by atoms with Gasteiger partial charge in [-0.25, -0.2) is 9.55 Å². The molecule has 106 valence electrons. The Morgan fingerprint density at radius 1 is 1.35 bits per heavy atom. The SMILES string of the molecule is O=C(O)CC[n+]1ccc(-c2nc(C(F)(F)F)ns2)cc1. The second-order valence-corrected chi connectivity index (χ2v) is 4.64. The first-order valence-electron chi connectivity index (χ1n) is 5.48. The summed E-state index contributed by atoms with van der Waals surface area (Å²) in [6.45, 7) is 0.291. The van der Waals surface area contributed by atoms with E-state index >= 15 is 0 Å². The number of carbonyl (C=O) groups is 1. The molecule has 0 spiro atoms. The van der Waals surface area contributed by atoms with Crippen LogP contribution >= 0.6 is 11.5 Å². The molecule has 0 bridgehead atoms. The molecule has 2 aromatic rings. The van der Waals surface area contributed by atoms with Crippen molar-refractivity contribution in [2.75, 3.05) is 0 Å². The summed E-state index contributed by atoms with van der Waals surface area (Å²) in [4.78, 5) is 13.9. The van der Waals surface area contributed by atoms with E-state index in [1.54, 1.807) is 29.1 Å². The first-order chi connectivity index (χ1) is 9.36. The molecule has 5 nitrogen and oxygen atoms in total. The lowest BCUT2D eigenvalue weighted by molar-refractivity contribution is -0.695. The van der Waals surface area contributed by atoms with Crippen LogP contribution in [0, 0.1) is 0 Å². The summed E-state index contributed by atoms with van der Waals surface area (Å²) < 4.78 is 42.0. The molecule has 0 atom stereocenters. The Bertz CT molecular complexity index is 610. The average molecular weight is 304 g/mol. The van der Waals surface area contributed by atoms with Crippen LogP contribution in [0.4, 0.5) is 13.2 Å². The van der Waals surface area contributed by atoms with Crippen LogP contribution in [-0.2, 0) is 17.5 Å². The molecule has 0 unspecified atom stereocenters. The minimum Gasteiger partial charge on any atom is -0.481 e. The molecular weight excluding hydrogens is 295 g/mol. The Morgan fingerprint density at radius 2 is 2.00 bits per heavy atom. The summed E-state index contributed by atoms with van der Waals surface area (Å²) in [5.74, 6) is -2.07. The maximum atomic E-state index is 12.4. The van der Waals surface area contributed by atoms with Gasteiger partial charge in [-0.3, -0.25) is 4.79 Å². The predicted octanol–water partition coefficient (Wildman–Crippen LogP) is 1.99. The Morgan fingerprint density at radius 3 is 2.50 bits per heavy atom. The molecule has 0 aliphatic carbocycles. The predicted molar refractivity (Wildman–Crippen MR) is 62.8 cm³/mol. The highest BCUT2D eigenvalue weighted by Gasteiger charge is 2.36. The standard InChI is InChI=1S/C11H8F3N3O2S/c12-11(13,14)10-15-9(20-16-10)7-1-4-17(5-2-7)6-3-8(18)19/h1-2,4-5H,3,6H2/p+1. The van der Waals surface area contributed by atoms with Crippen molar-refractivity contribution in [3.8, 4) is 10.6 Å². The van der Waals surface area contributed by atoms with Crippen molar-refractivity contribution in [2.24, 2.45) is 0 Å². The largest absolute Gasteiger partial charge is 0.481 e. The second kappa shape index (κ2) is 5.53. The molecule has 0 aliphatic heterocycles. The monoisotopic (exact) mass is 304 g/mol. The maximum Gasteiger partial charge on any atom is 0.452 e. The summed E-state index contributed by atoms with van der Waals surface area (Å²) in [6.07, 6.45) is -1.40.